The number of piperazine rings is 1. The lowest BCUT2D eigenvalue weighted by molar-refractivity contribution is -0.133. The van der Waals surface area contributed by atoms with Crippen LogP contribution in [-0.4, -0.2) is 64.0 Å². The van der Waals surface area contributed by atoms with E-state index in [1.54, 1.807) is 12.3 Å². The topological polar surface area (TPSA) is 95.3 Å². The molecule has 1 aromatic heterocycles. The van der Waals surface area contributed by atoms with Crippen molar-refractivity contribution in [1.29, 1.82) is 0 Å². The maximum atomic E-state index is 12.7. The lowest BCUT2D eigenvalue weighted by Gasteiger charge is -2.40. The standard InChI is InChI=1S/C21H29N5O2/c22-21(28)18-13-15(12-16-14-23-24-20(16)18)6-7-19(27)26-10-8-25(9-11-26)17-4-2-1-3-5-17/h12-14,17H,1-11H2,(H2,22,28)(H,23,24). The van der Waals surface area contributed by atoms with E-state index in [-0.39, 0.29) is 5.91 Å². The Kier molecular flexibility index (Phi) is 5.62. The van der Waals surface area contributed by atoms with Gasteiger partial charge >= 0.3 is 0 Å². The maximum Gasteiger partial charge on any atom is 0.250 e. The Balaban J connectivity index is 1.32. The maximum absolute atomic E-state index is 12.7. The monoisotopic (exact) mass is 383 g/mol. The Hall–Kier alpha value is -2.41. The average Bonchev–Trinajstić information content (AvgIpc) is 3.20. The van der Waals surface area contributed by atoms with Gasteiger partial charge in [0.1, 0.15) is 0 Å². The first-order valence-electron chi connectivity index (χ1n) is 10.4. The molecule has 1 aliphatic heterocycles. The van der Waals surface area contributed by atoms with Gasteiger partial charge in [-0.05, 0) is 37.0 Å². The molecular formula is C21H29N5O2. The van der Waals surface area contributed by atoms with E-state index in [0.717, 1.165) is 43.2 Å². The zero-order valence-electron chi connectivity index (χ0n) is 16.3. The number of hydrogen-bond acceptors (Lipinski definition) is 4. The SMILES string of the molecule is NC(=O)c1cc(CCC(=O)N2CCN(C3CCCCC3)CC2)cc2cn[nH]c12. The van der Waals surface area contributed by atoms with Crippen LogP contribution in [0.3, 0.4) is 0 Å². The molecule has 28 heavy (non-hydrogen) atoms. The average molecular weight is 383 g/mol. The van der Waals surface area contributed by atoms with Crippen molar-refractivity contribution in [3.8, 4) is 0 Å². The predicted octanol–water partition coefficient (Wildman–Crippen LogP) is 2.07. The minimum atomic E-state index is -0.485. The van der Waals surface area contributed by atoms with Gasteiger partial charge in [0.25, 0.3) is 5.91 Å². The first-order chi connectivity index (χ1) is 13.6. The summed E-state index contributed by atoms with van der Waals surface area (Å²) in [6.45, 7) is 3.62. The summed E-state index contributed by atoms with van der Waals surface area (Å²) in [5.41, 5.74) is 7.51. The zero-order valence-corrected chi connectivity index (χ0v) is 16.3. The molecule has 1 aliphatic carbocycles. The first kappa shape index (κ1) is 18.9. The normalized spacial score (nSPS) is 19.2. The van der Waals surface area contributed by atoms with Crippen molar-refractivity contribution in [1.82, 2.24) is 20.0 Å². The molecule has 1 aromatic carbocycles. The van der Waals surface area contributed by atoms with Gasteiger partial charge in [-0.3, -0.25) is 19.6 Å². The predicted molar refractivity (Wildman–Crippen MR) is 108 cm³/mol. The number of primary amides is 1. The summed E-state index contributed by atoms with van der Waals surface area (Å²) < 4.78 is 0. The van der Waals surface area contributed by atoms with E-state index in [2.05, 4.69) is 15.1 Å². The van der Waals surface area contributed by atoms with E-state index < -0.39 is 5.91 Å². The summed E-state index contributed by atoms with van der Waals surface area (Å²) in [5, 5.41) is 7.65. The number of nitrogens with one attached hydrogen (secondary N) is 1. The van der Waals surface area contributed by atoms with Gasteiger partial charge in [-0.1, -0.05) is 19.3 Å². The molecule has 150 valence electrons. The second kappa shape index (κ2) is 8.31. The zero-order chi connectivity index (χ0) is 19.5. The summed E-state index contributed by atoms with van der Waals surface area (Å²) in [5.74, 6) is -0.294. The van der Waals surface area contributed by atoms with Crippen LogP contribution in [-0.2, 0) is 11.2 Å². The van der Waals surface area contributed by atoms with Crippen LogP contribution in [0.4, 0.5) is 0 Å². The molecule has 0 atom stereocenters. The Morgan fingerprint density at radius 2 is 1.86 bits per heavy atom. The van der Waals surface area contributed by atoms with Crippen molar-refractivity contribution in [2.75, 3.05) is 26.2 Å². The summed E-state index contributed by atoms with van der Waals surface area (Å²) in [4.78, 5) is 29.0. The van der Waals surface area contributed by atoms with E-state index in [1.807, 2.05) is 11.0 Å². The number of aromatic amines is 1. The number of amides is 2. The van der Waals surface area contributed by atoms with Crippen LogP contribution >= 0.6 is 0 Å². The molecule has 2 aromatic rings. The molecule has 2 aliphatic rings. The number of rotatable bonds is 5. The van der Waals surface area contributed by atoms with Crippen LogP contribution in [0.25, 0.3) is 10.9 Å². The van der Waals surface area contributed by atoms with Crippen molar-refractivity contribution >= 4 is 22.7 Å². The minimum Gasteiger partial charge on any atom is -0.366 e. The van der Waals surface area contributed by atoms with Crippen molar-refractivity contribution in [2.24, 2.45) is 5.73 Å². The second-order valence-electron chi connectivity index (χ2n) is 8.05. The number of fused-ring (bicyclic) bond motifs is 1. The molecule has 1 saturated carbocycles. The number of carbonyl (C=O) groups excluding carboxylic acids is 2. The number of hydrogen-bond donors (Lipinski definition) is 2. The van der Waals surface area contributed by atoms with Gasteiger partial charge in [0.05, 0.1) is 17.3 Å². The third-order valence-corrected chi connectivity index (χ3v) is 6.26. The molecule has 4 rings (SSSR count). The molecule has 0 radical (unpaired) electrons. The number of aryl methyl sites for hydroxylation is 1. The molecule has 7 nitrogen and oxygen atoms in total. The van der Waals surface area contributed by atoms with E-state index in [1.165, 1.54) is 32.1 Å². The Morgan fingerprint density at radius 1 is 1.11 bits per heavy atom. The van der Waals surface area contributed by atoms with Gasteiger partial charge in [0.15, 0.2) is 0 Å². The van der Waals surface area contributed by atoms with Crippen LogP contribution in [0, 0.1) is 0 Å². The largest absolute Gasteiger partial charge is 0.366 e. The smallest absolute Gasteiger partial charge is 0.250 e. The fourth-order valence-electron chi connectivity index (χ4n) is 4.65. The van der Waals surface area contributed by atoms with Crippen LogP contribution < -0.4 is 5.73 Å². The lowest BCUT2D eigenvalue weighted by Crippen LogP contribution is -2.52. The van der Waals surface area contributed by atoms with Gasteiger partial charge < -0.3 is 10.6 Å². The highest BCUT2D eigenvalue weighted by molar-refractivity contribution is 6.04. The van der Waals surface area contributed by atoms with E-state index in [9.17, 15) is 9.59 Å². The van der Waals surface area contributed by atoms with Crippen molar-refractivity contribution in [2.45, 2.75) is 51.0 Å². The summed E-state index contributed by atoms with van der Waals surface area (Å²) >= 11 is 0. The van der Waals surface area contributed by atoms with Gasteiger partial charge in [-0.15, -0.1) is 0 Å². The van der Waals surface area contributed by atoms with Crippen LogP contribution in [0.15, 0.2) is 18.3 Å². The third-order valence-electron chi connectivity index (χ3n) is 6.26. The first-order valence-corrected chi connectivity index (χ1v) is 10.4. The van der Waals surface area contributed by atoms with Gasteiger partial charge in [-0.25, -0.2) is 0 Å². The summed E-state index contributed by atoms with van der Waals surface area (Å²) in [6.07, 6.45) is 9.41. The number of carbonyl (C=O) groups is 2. The molecule has 7 heteroatoms. The highest BCUT2D eigenvalue weighted by Gasteiger charge is 2.26. The third kappa shape index (κ3) is 4.04. The Bertz CT molecular complexity index is 848. The van der Waals surface area contributed by atoms with Crippen molar-refractivity contribution in [3.63, 3.8) is 0 Å². The van der Waals surface area contributed by atoms with E-state index in [0.29, 0.717) is 23.9 Å². The molecule has 0 unspecified atom stereocenters. The fraction of sp³-hybridized carbons (Fsp3) is 0.571. The molecule has 2 amide bonds. The number of H-pyrrole nitrogens is 1. The number of nitrogens with two attached hydrogens (primary N) is 1. The van der Waals surface area contributed by atoms with Crippen LogP contribution in [0.2, 0.25) is 0 Å². The summed E-state index contributed by atoms with van der Waals surface area (Å²) in [6, 6.07) is 4.47. The van der Waals surface area contributed by atoms with Crippen LogP contribution in [0.5, 0.6) is 0 Å². The van der Waals surface area contributed by atoms with Gasteiger partial charge in [0.2, 0.25) is 5.91 Å². The number of nitrogens with zero attached hydrogens (tertiary/aromatic N) is 3. The number of benzene rings is 1. The molecule has 0 bridgehead atoms. The van der Waals surface area contributed by atoms with E-state index in [4.69, 9.17) is 5.73 Å². The highest BCUT2D eigenvalue weighted by atomic mass is 16.2. The number of aromatic nitrogens is 2. The second-order valence-corrected chi connectivity index (χ2v) is 8.05. The fourth-order valence-corrected chi connectivity index (χ4v) is 4.65. The van der Waals surface area contributed by atoms with Crippen molar-refractivity contribution in [3.05, 3.63) is 29.5 Å². The molecule has 2 fully saturated rings. The van der Waals surface area contributed by atoms with E-state index >= 15 is 0 Å². The van der Waals surface area contributed by atoms with Crippen molar-refractivity contribution < 1.29 is 9.59 Å². The molecule has 1 saturated heterocycles. The lowest BCUT2D eigenvalue weighted by atomic mass is 9.94. The van der Waals surface area contributed by atoms with Gasteiger partial charge in [-0.2, -0.15) is 5.10 Å². The highest BCUT2D eigenvalue weighted by Crippen LogP contribution is 2.24. The summed E-state index contributed by atoms with van der Waals surface area (Å²) in [7, 11) is 0. The Morgan fingerprint density at radius 3 is 2.57 bits per heavy atom. The van der Waals surface area contributed by atoms with Gasteiger partial charge in [0, 0.05) is 44.0 Å². The quantitative estimate of drug-likeness (QED) is 0.826. The Labute approximate surface area is 165 Å². The molecule has 3 N–H and O–H groups in total. The molecule has 0 spiro atoms. The molecular weight excluding hydrogens is 354 g/mol. The minimum absolute atomic E-state index is 0.191. The van der Waals surface area contributed by atoms with Crippen LogP contribution in [0.1, 0.15) is 54.4 Å². The molecule has 2 heterocycles.